The maximum atomic E-state index is 12.7. The monoisotopic (exact) mass is 316 g/mol. The molecule has 1 aliphatic rings. The molecule has 22 heavy (non-hydrogen) atoms. The SMILES string of the molecule is Cc1nc(C)c(C(C)N(C)C(=O)C2Cc3ccccc3O2)s1. The Hall–Kier alpha value is -1.88. The topological polar surface area (TPSA) is 42.4 Å². The van der Waals surface area contributed by atoms with Crippen molar-refractivity contribution in [1.82, 2.24) is 9.88 Å². The predicted molar refractivity (Wildman–Crippen MR) is 87.3 cm³/mol. The lowest BCUT2D eigenvalue weighted by Gasteiger charge is -2.26. The number of benzene rings is 1. The van der Waals surface area contributed by atoms with Gasteiger partial charge in [0, 0.05) is 18.3 Å². The average Bonchev–Trinajstić information content (AvgIpc) is 3.07. The third-order valence-corrected chi connectivity index (χ3v) is 5.41. The van der Waals surface area contributed by atoms with Gasteiger partial charge >= 0.3 is 0 Å². The highest BCUT2D eigenvalue weighted by Gasteiger charge is 2.33. The number of fused-ring (bicyclic) bond motifs is 1. The second-order valence-corrected chi connectivity index (χ2v) is 6.96. The van der Waals surface area contributed by atoms with Gasteiger partial charge in [0.05, 0.1) is 16.7 Å². The Morgan fingerprint density at radius 2 is 2.14 bits per heavy atom. The molecule has 0 bridgehead atoms. The molecule has 1 aliphatic heterocycles. The van der Waals surface area contributed by atoms with Crippen LogP contribution in [0, 0.1) is 13.8 Å². The van der Waals surface area contributed by atoms with Gasteiger partial charge in [-0.05, 0) is 32.4 Å². The van der Waals surface area contributed by atoms with Crippen LogP contribution in [0.2, 0.25) is 0 Å². The molecule has 1 aromatic heterocycles. The first-order valence-electron chi connectivity index (χ1n) is 7.42. The fraction of sp³-hybridized carbons (Fsp3) is 0.412. The molecule has 0 saturated heterocycles. The van der Waals surface area contributed by atoms with Crippen LogP contribution in [-0.4, -0.2) is 28.9 Å². The summed E-state index contributed by atoms with van der Waals surface area (Å²) in [7, 11) is 1.84. The van der Waals surface area contributed by atoms with E-state index in [1.54, 1.807) is 16.2 Å². The van der Waals surface area contributed by atoms with Crippen LogP contribution in [0.4, 0.5) is 0 Å². The first kappa shape index (κ1) is 15.0. The summed E-state index contributed by atoms with van der Waals surface area (Å²) in [6, 6.07) is 7.85. The third kappa shape index (κ3) is 2.61. The number of carbonyl (C=O) groups is 1. The molecular formula is C17H20N2O2S. The van der Waals surface area contributed by atoms with Crippen LogP contribution in [0.5, 0.6) is 5.75 Å². The number of rotatable bonds is 3. The van der Waals surface area contributed by atoms with Crippen molar-refractivity contribution in [3.63, 3.8) is 0 Å². The highest BCUT2D eigenvalue weighted by Crippen LogP contribution is 2.32. The highest BCUT2D eigenvalue weighted by molar-refractivity contribution is 7.11. The van der Waals surface area contributed by atoms with E-state index in [4.69, 9.17) is 4.74 Å². The smallest absolute Gasteiger partial charge is 0.264 e. The van der Waals surface area contributed by atoms with E-state index in [2.05, 4.69) is 4.98 Å². The zero-order chi connectivity index (χ0) is 15.9. The van der Waals surface area contributed by atoms with Crippen LogP contribution in [0.15, 0.2) is 24.3 Å². The van der Waals surface area contributed by atoms with E-state index in [0.717, 1.165) is 26.9 Å². The minimum atomic E-state index is -0.417. The molecule has 0 saturated carbocycles. The Morgan fingerprint density at radius 1 is 1.41 bits per heavy atom. The Bertz CT molecular complexity index is 685. The minimum Gasteiger partial charge on any atom is -0.480 e. The normalized spacial score (nSPS) is 17.7. The van der Waals surface area contributed by atoms with Crippen LogP contribution in [-0.2, 0) is 11.2 Å². The van der Waals surface area contributed by atoms with Crippen LogP contribution in [0.3, 0.4) is 0 Å². The van der Waals surface area contributed by atoms with Gasteiger partial charge in [0.2, 0.25) is 0 Å². The van der Waals surface area contributed by atoms with Gasteiger partial charge in [-0.15, -0.1) is 11.3 Å². The summed E-state index contributed by atoms with van der Waals surface area (Å²) in [5, 5.41) is 1.03. The van der Waals surface area contributed by atoms with Crippen molar-refractivity contribution in [3.05, 3.63) is 45.4 Å². The Labute approximate surface area is 134 Å². The van der Waals surface area contributed by atoms with Crippen molar-refractivity contribution in [2.24, 2.45) is 0 Å². The first-order valence-corrected chi connectivity index (χ1v) is 8.24. The molecule has 1 aromatic carbocycles. The van der Waals surface area contributed by atoms with Gasteiger partial charge in [-0.25, -0.2) is 4.98 Å². The Morgan fingerprint density at radius 3 is 2.77 bits per heavy atom. The van der Waals surface area contributed by atoms with Crippen molar-refractivity contribution in [1.29, 1.82) is 0 Å². The molecule has 116 valence electrons. The first-order chi connectivity index (χ1) is 10.5. The number of para-hydroxylation sites is 1. The summed E-state index contributed by atoms with van der Waals surface area (Å²) < 4.78 is 5.81. The van der Waals surface area contributed by atoms with E-state index in [0.29, 0.717) is 6.42 Å². The van der Waals surface area contributed by atoms with Gasteiger partial charge in [-0.1, -0.05) is 18.2 Å². The maximum absolute atomic E-state index is 12.7. The van der Waals surface area contributed by atoms with Gasteiger partial charge in [0.15, 0.2) is 6.10 Å². The van der Waals surface area contributed by atoms with E-state index in [9.17, 15) is 4.79 Å². The maximum Gasteiger partial charge on any atom is 0.264 e. The fourth-order valence-corrected chi connectivity index (χ4v) is 3.87. The van der Waals surface area contributed by atoms with Crippen molar-refractivity contribution >= 4 is 17.2 Å². The lowest BCUT2D eigenvalue weighted by atomic mass is 10.1. The molecule has 0 fully saturated rings. The van der Waals surface area contributed by atoms with E-state index in [1.807, 2.05) is 52.1 Å². The largest absolute Gasteiger partial charge is 0.480 e. The number of ether oxygens (including phenoxy) is 1. The third-order valence-electron chi connectivity index (χ3n) is 4.17. The Balaban J connectivity index is 1.74. The number of aromatic nitrogens is 1. The standard InChI is InChI=1S/C17H20N2O2S/c1-10-16(22-12(3)18-10)11(2)19(4)17(20)15-9-13-7-5-6-8-14(13)21-15/h5-8,11,15H,9H2,1-4H3. The zero-order valence-electron chi connectivity index (χ0n) is 13.3. The molecular weight excluding hydrogens is 296 g/mol. The van der Waals surface area contributed by atoms with Gasteiger partial charge in [-0.2, -0.15) is 0 Å². The molecule has 0 N–H and O–H groups in total. The lowest BCUT2D eigenvalue weighted by Crippen LogP contribution is -2.40. The second-order valence-electron chi connectivity index (χ2n) is 5.73. The Kier molecular flexibility index (Phi) is 3.91. The predicted octanol–water partition coefficient (Wildman–Crippen LogP) is 3.28. The fourth-order valence-electron chi connectivity index (χ4n) is 2.85. The molecule has 1 amide bonds. The summed E-state index contributed by atoms with van der Waals surface area (Å²) >= 11 is 1.65. The van der Waals surface area contributed by atoms with E-state index < -0.39 is 6.10 Å². The van der Waals surface area contributed by atoms with Crippen LogP contribution < -0.4 is 4.74 Å². The molecule has 3 rings (SSSR count). The summed E-state index contributed by atoms with van der Waals surface area (Å²) in [6.45, 7) is 6.03. The average molecular weight is 316 g/mol. The molecule has 2 aromatic rings. The van der Waals surface area contributed by atoms with E-state index >= 15 is 0 Å². The summed E-state index contributed by atoms with van der Waals surface area (Å²) in [5.41, 5.74) is 2.11. The number of carbonyl (C=O) groups excluding carboxylic acids is 1. The van der Waals surface area contributed by atoms with Crippen molar-refractivity contribution < 1.29 is 9.53 Å². The molecule has 2 atom stereocenters. The second kappa shape index (κ2) is 5.72. The van der Waals surface area contributed by atoms with Gasteiger partial charge in [0.25, 0.3) is 5.91 Å². The van der Waals surface area contributed by atoms with E-state index in [-0.39, 0.29) is 11.9 Å². The van der Waals surface area contributed by atoms with Crippen molar-refractivity contribution in [2.45, 2.75) is 39.3 Å². The van der Waals surface area contributed by atoms with Crippen molar-refractivity contribution in [2.75, 3.05) is 7.05 Å². The number of likely N-dealkylation sites (N-methyl/N-ethyl adjacent to an activating group) is 1. The number of aryl methyl sites for hydroxylation is 2. The van der Waals surface area contributed by atoms with Gasteiger partial charge in [0.1, 0.15) is 5.75 Å². The molecule has 2 heterocycles. The number of nitrogens with zero attached hydrogens (tertiary/aromatic N) is 2. The summed E-state index contributed by atoms with van der Waals surface area (Å²) in [4.78, 5) is 20.1. The summed E-state index contributed by atoms with van der Waals surface area (Å²) in [5.74, 6) is 0.848. The van der Waals surface area contributed by atoms with Crippen molar-refractivity contribution in [3.8, 4) is 5.75 Å². The number of thiazole rings is 1. The minimum absolute atomic E-state index is 0.00557. The van der Waals surface area contributed by atoms with E-state index in [1.165, 1.54) is 0 Å². The lowest BCUT2D eigenvalue weighted by molar-refractivity contribution is -0.138. The number of hydrogen-bond donors (Lipinski definition) is 0. The van der Waals surface area contributed by atoms with Gasteiger partial charge < -0.3 is 9.64 Å². The quantitative estimate of drug-likeness (QED) is 0.872. The number of amides is 1. The molecule has 2 unspecified atom stereocenters. The zero-order valence-corrected chi connectivity index (χ0v) is 14.1. The molecule has 5 heteroatoms. The molecule has 0 spiro atoms. The van der Waals surface area contributed by atoms with Crippen LogP contribution in [0.25, 0.3) is 0 Å². The number of hydrogen-bond acceptors (Lipinski definition) is 4. The molecule has 4 nitrogen and oxygen atoms in total. The molecule has 0 aliphatic carbocycles. The molecule has 0 radical (unpaired) electrons. The van der Waals surface area contributed by atoms with Crippen LogP contribution >= 0.6 is 11.3 Å². The summed E-state index contributed by atoms with van der Waals surface area (Å²) in [6.07, 6.45) is 0.228. The van der Waals surface area contributed by atoms with Gasteiger partial charge in [-0.3, -0.25) is 4.79 Å². The highest BCUT2D eigenvalue weighted by atomic mass is 32.1. The van der Waals surface area contributed by atoms with Crippen LogP contribution in [0.1, 0.15) is 34.1 Å².